The van der Waals surface area contributed by atoms with Gasteiger partial charge >= 0.3 is 12.1 Å². The van der Waals surface area contributed by atoms with Crippen molar-refractivity contribution in [2.75, 3.05) is 19.5 Å². The van der Waals surface area contributed by atoms with Gasteiger partial charge in [-0.05, 0) is 41.0 Å². The molecule has 0 spiro atoms. The molecule has 0 unspecified atom stereocenters. The molecule has 0 heterocycles. The van der Waals surface area contributed by atoms with E-state index in [4.69, 9.17) is 14.2 Å². The molecule has 194 valence electrons. The number of nitrogens with one attached hydrogen (secondary N) is 2. The van der Waals surface area contributed by atoms with E-state index in [0.29, 0.717) is 17.0 Å². The molecule has 0 saturated heterocycles. The predicted octanol–water partition coefficient (Wildman–Crippen LogP) is 5.84. The highest BCUT2D eigenvalue weighted by Crippen LogP contribution is 2.39. The molecule has 0 aliphatic heterocycles. The van der Waals surface area contributed by atoms with Crippen LogP contribution in [0.3, 0.4) is 0 Å². The minimum absolute atomic E-state index is 0.0423. The number of methoxy groups -OCH3 is 2. The van der Waals surface area contributed by atoms with Gasteiger partial charge in [-0.3, -0.25) is 5.32 Å². The zero-order valence-corrected chi connectivity index (χ0v) is 21.3. The van der Waals surface area contributed by atoms with Crippen LogP contribution in [-0.2, 0) is 26.4 Å². The lowest BCUT2D eigenvalue weighted by Gasteiger charge is -2.40. The molecule has 0 fully saturated rings. The van der Waals surface area contributed by atoms with Gasteiger partial charge in [-0.2, -0.15) is 0 Å². The number of carbonyl (C=O) groups is 2. The molecule has 0 aromatic heterocycles. The van der Waals surface area contributed by atoms with Crippen molar-refractivity contribution >= 4 is 17.7 Å². The maximum absolute atomic E-state index is 13.8. The molecule has 0 aliphatic rings. The zero-order chi connectivity index (χ0) is 26.8. The molecule has 0 bridgehead atoms. The molecule has 7 nitrogen and oxygen atoms in total. The third kappa shape index (κ3) is 5.95. The second-order valence-electron chi connectivity index (χ2n) is 8.57. The minimum atomic E-state index is -1.69. The first-order valence-electron chi connectivity index (χ1n) is 12.1. The monoisotopic (exact) mass is 510 g/mol. The fraction of sp³-hybridized carbons (Fsp3) is 0.161. The van der Waals surface area contributed by atoms with Crippen LogP contribution in [-0.4, -0.2) is 26.3 Å². The Bertz CT molecular complexity index is 1320. The first-order chi connectivity index (χ1) is 18.6. The molecular weight excluding hydrogens is 480 g/mol. The Morgan fingerprint density at radius 2 is 1.34 bits per heavy atom. The molecule has 0 aliphatic carbocycles. The first kappa shape index (κ1) is 26.3. The molecule has 4 aromatic carbocycles. The Balaban J connectivity index is 1.80. The molecule has 2 atom stereocenters. The molecule has 0 radical (unpaired) electrons. The number of anilines is 1. The van der Waals surface area contributed by atoms with Crippen LogP contribution < -0.4 is 15.4 Å². The quantitative estimate of drug-likeness (QED) is 0.261. The average Bonchev–Trinajstić information content (AvgIpc) is 2.99. The highest BCUT2D eigenvalue weighted by atomic mass is 16.6. The van der Waals surface area contributed by atoms with Gasteiger partial charge in [0, 0.05) is 5.69 Å². The topological polar surface area (TPSA) is 85.9 Å². The van der Waals surface area contributed by atoms with Crippen LogP contribution >= 0.6 is 0 Å². The van der Waals surface area contributed by atoms with E-state index >= 15 is 0 Å². The SMILES string of the molecule is COC(=O)[C@@](NC(=O)OCc1ccccc1)(c1ccccc1)[C@H](Nc1ccc(OC)cc1)c1ccccc1. The number of amides is 1. The predicted molar refractivity (Wildman–Crippen MR) is 146 cm³/mol. The summed E-state index contributed by atoms with van der Waals surface area (Å²) in [5, 5.41) is 6.34. The van der Waals surface area contributed by atoms with Crippen LogP contribution in [0.25, 0.3) is 0 Å². The normalized spacial score (nSPS) is 12.9. The first-order valence-corrected chi connectivity index (χ1v) is 12.1. The summed E-state index contributed by atoms with van der Waals surface area (Å²) in [6, 6.07) is 34.3. The Morgan fingerprint density at radius 1 is 0.763 bits per heavy atom. The maximum atomic E-state index is 13.8. The molecule has 0 saturated carbocycles. The molecule has 7 heteroatoms. The summed E-state index contributed by atoms with van der Waals surface area (Å²) in [7, 11) is 2.89. The van der Waals surface area contributed by atoms with Crippen molar-refractivity contribution in [3.8, 4) is 5.75 Å². The third-order valence-electron chi connectivity index (χ3n) is 6.22. The maximum Gasteiger partial charge on any atom is 0.408 e. The third-order valence-corrected chi connectivity index (χ3v) is 6.22. The van der Waals surface area contributed by atoms with Gasteiger partial charge in [-0.25, -0.2) is 9.59 Å². The molecule has 4 aromatic rings. The standard InChI is InChI=1S/C31H30N2O5/c1-36-27-20-18-26(19-21-27)32-28(24-14-8-4-9-15-24)31(29(34)37-2,25-16-10-5-11-17-25)33-30(35)38-22-23-12-6-3-7-13-23/h3-21,28,32H,22H2,1-2H3,(H,33,35)/t28-,31-/m1/s1. The van der Waals surface area contributed by atoms with Crippen molar-refractivity contribution in [3.05, 3.63) is 132 Å². The van der Waals surface area contributed by atoms with E-state index in [-0.39, 0.29) is 6.61 Å². The number of esters is 1. The second-order valence-corrected chi connectivity index (χ2v) is 8.57. The van der Waals surface area contributed by atoms with Crippen LogP contribution in [0.1, 0.15) is 22.7 Å². The van der Waals surface area contributed by atoms with Crippen LogP contribution in [0.15, 0.2) is 115 Å². The smallest absolute Gasteiger partial charge is 0.408 e. The summed E-state index contributed by atoms with van der Waals surface area (Å²) in [6.07, 6.45) is -0.763. The van der Waals surface area contributed by atoms with Crippen LogP contribution in [0.5, 0.6) is 5.75 Å². The number of rotatable bonds is 10. The van der Waals surface area contributed by atoms with E-state index in [1.807, 2.05) is 91.0 Å². The van der Waals surface area contributed by atoms with Gasteiger partial charge in [-0.1, -0.05) is 91.0 Å². The van der Waals surface area contributed by atoms with E-state index in [1.54, 1.807) is 31.4 Å². The number of hydrogen-bond donors (Lipinski definition) is 2. The lowest BCUT2D eigenvalue weighted by atomic mass is 9.78. The summed E-state index contributed by atoms with van der Waals surface area (Å²) in [5.41, 5.74) is 1.12. The van der Waals surface area contributed by atoms with Gasteiger partial charge in [0.15, 0.2) is 5.54 Å². The number of benzene rings is 4. The van der Waals surface area contributed by atoms with Gasteiger partial charge in [0.05, 0.1) is 20.3 Å². The van der Waals surface area contributed by atoms with E-state index in [2.05, 4.69) is 10.6 Å². The molecule has 1 amide bonds. The number of ether oxygens (including phenoxy) is 3. The summed E-state index contributed by atoms with van der Waals surface area (Å²) in [6.45, 7) is 0.0423. The van der Waals surface area contributed by atoms with Crippen LogP contribution in [0, 0.1) is 0 Å². The van der Waals surface area contributed by atoms with Crippen molar-refractivity contribution in [2.45, 2.75) is 18.2 Å². The lowest BCUT2D eigenvalue weighted by molar-refractivity contribution is -0.150. The van der Waals surface area contributed by atoms with Crippen LogP contribution in [0.2, 0.25) is 0 Å². The summed E-state index contributed by atoms with van der Waals surface area (Å²) < 4.78 is 16.2. The highest BCUT2D eigenvalue weighted by Gasteiger charge is 2.51. The molecule has 4 rings (SSSR count). The average molecular weight is 511 g/mol. The van der Waals surface area contributed by atoms with Crippen molar-refractivity contribution in [3.63, 3.8) is 0 Å². The summed E-state index contributed by atoms with van der Waals surface area (Å²) in [4.78, 5) is 27.1. The van der Waals surface area contributed by atoms with Gasteiger partial charge in [0.25, 0.3) is 0 Å². The van der Waals surface area contributed by atoms with Crippen LogP contribution in [0.4, 0.5) is 10.5 Å². The Morgan fingerprint density at radius 3 is 1.92 bits per heavy atom. The largest absolute Gasteiger partial charge is 0.497 e. The van der Waals surface area contributed by atoms with Gasteiger partial charge in [0.2, 0.25) is 0 Å². The number of alkyl carbamates (subject to hydrolysis) is 1. The van der Waals surface area contributed by atoms with Crippen molar-refractivity contribution in [1.29, 1.82) is 0 Å². The minimum Gasteiger partial charge on any atom is -0.497 e. The van der Waals surface area contributed by atoms with Gasteiger partial charge < -0.3 is 19.5 Å². The lowest BCUT2D eigenvalue weighted by Crippen LogP contribution is -2.58. The number of carbonyl (C=O) groups excluding carboxylic acids is 2. The Kier molecular flexibility index (Phi) is 8.61. The van der Waals surface area contributed by atoms with E-state index in [1.165, 1.54) is 7.11 Å². The second kappa shape index (κ2) is 12.5. The molecule has 38 heavy (non-hydrogen) atoms. The van der Waals surface area contributed by atoms with E-state index < -0.39 is 23.6 Å². The van der Waals surface area contributed by atoms with Gasteiger partial charge in [0.1, 0.15) is 12.4 Å². The molecule has 2 N–H and O–H groups in total. The summed E-state index contributed by atoms with van der Waals surface area (Å²) in [5.74, 6) is 0.0342. The Labute approximate surface area is 222 Å². The highest BCUT2D eigenvalue weighted by molar-refractivity contribution is 5.89. The fourth-order valence-corrected chi connectivity index (χ4v) is 4.32. The summed E-state index contributed by atoms with van der Waals surface area (Å²) >= 11 is 0. The van der Waals surface area contributed by atoms with Crippen molar-refractivity contribution in [2.24, 2.45) is 0 Å². The molecular formula is C31H30N2O5. The van der Waals surface area contributed by atoms with Gasteiger partial charge in [-0.15, -0.1) is 0 Å². The zero-order valence-electron chi connectivity index (χ0n) is 21.3. The fourth-order valence-electron chi connectivity index (χ4n) is 4.32. The Hall–Kier alpha value is -4.78. The van der Waals surface area contributed by atoms with E-state index in [0.717, 1.165) is 11.1 Å². The van der Waals surface area contributed by atoms with E-state index in [9.17, 15) is 9.59 Å². The van der Waals surface area contributed by atoms with Crippen molar-refractivity contribution in [1.82, 2.24) is 5.32 Å². The van der Waals surface area contributed by atoms with Crippen molar-refractivity contribution < 1.29 is 23.8 Å². The number of hydrogen-bond acceptors (Lipinski definition) is 6.